The minimum atomic E-state index is 0.414. The summed E-state index contributed by atoms with van der Waals surface area (Å²) in [6.45, 7) is 0.703. The van der Waals surface area contributed by atoms with Gasteiger partial charge in [-0.15, -0.1) is 22.5 Å². The number of anilines is 2. The number of rotatable bonds is 3. The molecule has 62 valence electrons. The second kappa shape index (κ2) is 4.19. The Morgan fingerprint density at radius 1 is 1.50 bits per heavy atom. The Hall–Kier alpha value is -1.76. The molecule has 0 aliphatic carbocycles. The van der Waals surface area contributed by atoms with Crippen molar-refractivity contribution in [2.24, 2.45) is 0 Å². The van der Waals surface area contributed by atoms with Crippen LogP contribution in [0.25, 0.3) is 0 Å². The number of nitrogens with one attached hydrogen (secondary N) is 1. The van der Waals surface area contributed by atoms with Gasteiger partial charge < -0.3 is 11.1 Å². The van der Waals surface area contributed by atoms with Gasteiger partial charge in [-0.2, -0.15) is 0 Å². The van der Waals surface area contributed by atoms with E-state index in [-0.39, 0.29) is 0 Å². The average molecular weight is 162 g/mol. The Morgan fingerprint density at radius 2 is 2.33 bits per heavy atom. The quantitative estimate of drug-likeness (QED) is 0.501. The molecule has 0 aliphatic rings. The molecule has 0 atom stereocenters. The highest BCUT2D eigenvalue weighted by atomic mass is 15.2. The van der Waals surface area contributed by atoms with E-state index in [0.717, 1.165) is 0 Å². The van der Waals surface area contributed by atoms with Crippen LogP contribution >= 0.6 is 0 Å². The van der Waals surface area contributed by atoms with Gasteiger partial charge in [0.05, 0.1) is 0 Å². The van der Waals surface area contributed by atoms with Crippen LogP contribution in [0.3, 0.4) is 0 Å². The molecule has 12 heavy (non-hydrogen) atoms. The third kappa shape index (κ3) is 2.46. The van der Waals surface area contributed by atoms with E-state index in [4.69, 9.17) is 12.2 Å². The zero-order valence-corrected chi connectivity index (χ0v) is 6.62. The van der Waals surface area contributed by atoms with Gasteiger partial charge in [0.1, 0.15) is 11.6 Å². The van der Waals surface area contributed by atoms with Crippen molar-refractivity contribution in [1.29, 1.82) is 0 Å². The molecular formula is C8H10N4. The van der Waals surface area contributed by atoms with Crippen LogP contribution in [0.5, 0.6) is 0 Å². The van der Waals surface area contributed by atoms with Gasteiger partial charge in [-0.1, -0.05) is 0 Å². The molecule has 4 nitrogen and oxygen atoms in total. The van der Waals surface area contributed by atoms with Crippen LogP contribution < -0.4 is 11.1 Å². The molecule has 4 heteroatoms. The van der Waals surface area contributed by atoms with Crippen molar-refractivity contribution in [3.05, 3.63) is 12.1 Å². The lowest BCUT2D eigenvalue weighted by Gasteiger charge is -2.00. The molecule has 0 saturated heterocycles. The van der Waals surface area contributed by atoms with Crippen molar-refractivity contribution in [3.63, 3.8) is 0 Å². The molecule has 0 fully saturated rings. The Labute approximate surface area is 71.2 Å². The Morgan fingerprint density at radius 3 is 2.92 bits per heavy atom. The standard InChI is InChI=1S/C8H10N4/c1-2-3-6-10-8-5-4-7(9)11-12-8/h1,4-5H,3,6H2,(H2,9,11)(H,10,12). The van der Waals surface area contributed by atoms with Crippen molar-refractivity contribution >= 4 is 11.6 Å². The second-order valence-corrected chi connectivity index (χ2v) is 2.22. The van der Waals surface area contributed by atoms with E-state index in [9.17, 15) is 0 Å². The highest BCUT2D eigenvalue weighted by molar-refractivity contribution is 5.38. The lowest BCUT2D eigenvalue weighted by molar-refractivity contribution is 1.000. The van der Waals surface area contributed by atoms with Crippen molar-refractivity contribution in [2.75, 3.05) is 17.6 Å². The van der Waals surface area contributed by atoms with E-state index in [1.807, 2.05) is 0 Å². The summed E-state index contributed by atoms with van der Waals surface area (Å²) in [5, 5.41) is 10.5. The Balaban J connectivity index is 2.43. The molecule has 0 spiro atoms. The van der Waals surface area contributed by atoms with Crippen molar-refractivity contribution in [3.8, 4) is 12.3 Å². The van der Waals surface area contributed by atoms with Crippen LogP contribution in [0.2, 0.25) is 0 Å². The van der Waals surface area contributed by atoms with Gasteiger partial charge in [0.2, 0.25) is 0 Å². The van der Waals surface area contributed by atoms with E-state index in [0.29, 0.717) is 24.6 Å². The van der Waals surface area contributed by atoms with Gasteiger partial charge in [-0.05, 0) is 12.1 Å². The van der Waals surface area contributed by atoms with Gasteiger partial charge in [0, 0.05) is 13.0 Å². The maximum atomic E-state index is 5.35. The number of nitrogens with zero attached hydrogens (tertiary/aromatic N) is 2. The fourth-order valence-corrected chi connectivity index (χ4v) is 0.700. The highest BCUT2D eigenvalue weighted by Gasteiger charge is 1.91. The average Bonchev–Trinajstić information content (AvgIpc) is 2.09. The number of aromatic nitrogens is 2. The third-order valence-electron chi connectivity index (χ3n) is 1.26. The van der Waals surface area contributed by atoms with E-state index < -0.39 is 0 Å². The maximum Gasteiger partial charge on any atom is 0.148 e. The summed E-state index contributed by atoms with van der Waals surface area (Å²) in [6.07, 6.45) is 5.74. The summed E-state index contributed by atoms with van der Waals surface area (Å²) >= 11 is 0. The lowest BCUT2D eigenvalue weighted by Crippen LogP contribution is -2.03. The SMILES string of the molecule is C#CCCNc1ccc(N)nn1. The molecule has 0 amide bonds. The number of hydrogen-bond acceptors (Lipinski definition) is 4. The smallest absolute Gasteiger partial charge is 0.148 e. The number of nitrogens with two attached hydrogens (primary N) is 1. The summed E-state index contributed by atoms with van der Waals surface area (Å²) < 4.78 is 0. The Kier molecular flexibility index (Phi) is 2.91. The molecule has 3 N–H and O–H groups in total. The predicted molar refractivity (Wildman–Crippen MR) is 48.4 cm³/mol. The number of terminal acetylenes is 1. The predicted octanol–water partition coefficient (Wildman–Crippen LogP) is 0.494. The zero-order valence-electron chi connectivity index (χ0n) is 6.62. The maximum absolute atomic E-state index is 5.35. The molecule has 1 rings (SSSR count). The minimum absolute atomic E-state index is 0.414. The Bertz CT molecular complexity index is 272. The van der Waals surface area contributed by atoms with E-state index in [1.165, 1.54) is 0 Å². The molecule has 0 aromatic carbocycles. The summed E-state index contributed by atoms with van der Waals surface area (Å²) in [5.41, 5.74) is 5.35. The molecule has 0 radical (unpaired) electrons. The molecule has 0 unspecified atom stereocenters. The van der Waals surface area contributed by atoms with Crippen LogP contribution in [-0.2, 0) is 0 Å². The van der Waals surface area contributed by atoms with Crippen LogP contribution in [0, 0.1) is 12.3 Å². The van der Waals surface area contributed by atoms with Crippen LogP contribution in [0.15, 0.2) is 12.1 Å². The molecule has 1 heterocycles. The zero-order chi connectivity index (χ0) is 8.81. The van der Waals surface area contributed by atoms with E-state index in [1.54, 1.807) is 12.1 Å². The highest BCUT2D eigenvalue weighted by Crippen LogP contribution is 2.01. The fraction of sp³-hybridized carbons (Fsp3) is 0.250. The van der Waals surface area contributed by atoms with E-state index in [2.05, 4.69) is 21.4 Å². The van der Waals surface area contributed by atoms with Gasteiger partial charge in [0.25, 0.3) is 0 Å². The monoisotopic (exact) mass is 162 g/mol. The van der Waals surface area contributed by atoms with E-state index >= 15 is 0 Å². The molecule has 0 saturated carbocycles. The van der Waals surface area contributed by atoms with Gasteiger partial charge in [-0.25, -0.2) is 0 Å². The topological polar surface area (TPSA) is 63.8 Å². The van der Waals surface area contributed by atoms with Gasteiger partial charge >= 0.3 is 0 Å². The van der Waals surface area contributed by atoms with Crippen LogP contribution in [0.1, 0.15) is 6.42 Å². The molecule has 0 bridgehead atoms. The summed E-state index contributed by atoms with van der Waals surface area (Å²) in [4.78, 5) is 0. The van der Waals surface area contributed by atoms with Crippen LogP contribution in [0.4, 0.5) is 11.6 Å². The largest absolute Gasteiger partial charge is 0.382 e. The molecule has 1 aromatic heterocycles. The molecule has 1 aromatic rings. The van der Waals surface area contributed by atoms with Gasteiger partial charge in [0.15, 0.2) is 0 Å². The molecular weight excluding hydrogens is 152 g/mol. The second-order valence-electron chi connectivity index (χ2n) is 2.22. The molecule has 0 aliphatic heterocycles. The first-order valence-electron chi connectivity index (χ1n) is 3.59. The third-order valence-corrected chi connectivity index (χ3v) is 1.26. The minimum Gasteiger partial charge on any atom is -0.382 e. The first-order valence-corrected chi connectivity index (χ1v) is 3.59. The fourth-order valence-electron chi connectivity index (χ4n) is 0.700. The number of hydrogen-bond donors (Lipinski definition) is 2. The van der Waals surface area contributed by atoms with Crippen molar-refractivity contribution < 1.29 is 0 Å². The number of nitrogen functional groups attached to an aromatic ring is 1. The van der Waals surface area contributed by atoms with Crippen LogP contribution in [-0.4, -0.2) is 16.7 Å². The summed E-state index contributed by atoms with van der Waals surface area (Å²) in [5.74, 6) is 3.62. The summed E-state index contributed by atoms with van der Waals surface area (Å²) in [6, 6.07) is 3.45. The first kappa shape index (κ1) is 8.34. The van der Waals surface area contributed by atoms with Crippen molar-refractivity contribution in [2.45, 2.75) is 6.42 Å². The normalized spacial score (nSPS) is 8.92. The van der Waals surface area contributed by atoms with Gasteiger partial charge in [-0.3, -0.25) is 0 Å². The van der Waals surface area contributed by atoms with Crippen molar-refractivity contribution in [1.82, 2.24) is 10.2 Å². The lowest BCUT2D eigenvalue weighted by atomic mass is 10.4. The first-order chi connectivity index (χ1) is 5.83. The summed E-state index contributed by atoms with van der Waals surface area (Å²) in [7, 11) is 0.